The van der Waals surface area contributed by atoms with Gasteiger partial charge in [-0.15, -0.1) is 0 Å². The van der Waals surface area contributed by atoms with Crippen molar-refractivity contribution in [3.05, 3.63) is 207 Å². The average Bonchev–Trinajstić information content (AvgIpc) is 3.38. The summed E-state index contributed by atoms with van der Waals surface area (Å²) in [6.07, 6.45) is 7.30. The van der Waals surface area contributed by atoms with Crippen molar-refractivity contribution in [3.8, 4) is 90.6 Å². The number of benzene rings is 8. The summed E-state index contributed by atoms with van der Waals surface area (Å²) in [5, 5.41) is 6.58. The monoisotopic (exact) mass is 818 g/mol. The molecule has 0 aliphatic carbocycles. The lowest BCUT2D eigenvalue weighted by Crippen LogP contribution is -2.01. The van der Waals surface area contributed by atoms with Gasteiger partial charge < -0.3 is 0 Å². The molecule has 0 saturated carbocycles. The van der Waals surface area contributed by atoms with E-state index < -0.39 is 0 Å². The Labute approximate surface area is 368 Å². The second-order valence-corrected chi connectivity index (χ2v) is 15.6. The zero-order valence-corrected chi connectivity index (χ0v) is 34.2. The minimum absolute atomic E-state index is 0.598. The van der Waals surface area contributed by atoms with Crippen LogP contribution in [0.1, 0.15) is 0 Å². The Hall–Kier alpha value is -8.88. The maximum absolute atomic E-state index is 5.18. The molecule has 64 heavy (non-hydrogen) atoms. The summed E-state index contributed by atoms with van der Waals surface area (Å²) >= 11 is 0. The summed E-state index contributed by atoms with van der Waals surface area (Å²) in [4.78, 5) is 39.3. The van der Waals surface area contributed by atoms with Crippen molar-refractivity contribution in [2.45, 2.75) is 0 Å². The number of rotatable bonds is 8. The first-order chi connectivity index (χ1) is 31.7. The lowest BCUT2D eigenvalue weighted by atomic mass is 9.89. The molecule has 4 aromatic heterocycles. The van der Waals surface area contributed by atoms with Crippen LogP contribution < -0.4 is 0 Å². The smallest absolute Gasteiger partial charge is 0.164 e. The van der Waals surface area contributed by atoms with E-state index in [1.54, 1.807) is 12.4 Å². The van der Waals surface area contributed by atoms with E-state index >= 15 is 0 Å². The highest BCUT2D eigenvalue weighted by Gasteiger charge is 2.20. The number of hydrogen-bond donors (Lipinski definition) is 0. The third-order valence-corrected chi connectivity index (χ3v) is 11.8. The highest BCUT2D eigenvalue weighted by Crippen LogP contribution is 2.42. The van der Waals surface area contributed by atoms with Crippen molar-refractivity contribution in [2.75, 3.05) is 0 Å². The summed E-state index contributed by atoms with van der Waals surface area (Å²) in [7, 11) is 0. The summed E-state index contributed by atoms with van der Waals surface area (Å²) in [5.41, 5.74) is 9.70. The molecule has 8 nitrogen and oxygen atoms in total. The molecule has 0 bridgehead atoms. The molecule has 8 heteroatoms. The van der Waals surface area contributed by atoms with Crippen LogP contribution in [0.4, 0.5) is 0 Å². The zero-order valence-electron chi connectivity index (χ0n) is 34.2. The minimum Gasteiger partial charge on any atom is -0.264 e. The van der Waals surface area contributed by atoms with E-state index in [2.05, 4.69) is 119 Å². The first-order valence-electron chi connectivity index (χ1n) is 21.1. The van der Waals surface area contributed by atoms with Crippen LogP contribution in [-0.2, 0) is 0 Å². The molecule has 298 valence electrons. The van der Waals surface area contributed by atoms with Gasteiger partial charge in [-0.1, -0.05) is 158 Å². The SMILES string of the molecule is c1ccc(-c2nc(-c3ccc(-c4cccnc4)cc3)nc(-c3ccc4ccc5c(-c6nc(-c7ccccc7)nc(-c7ccc(-c8cccnc8)cc7)n6)ccc6ccc3c4c65)n2)cc1. The van der Waals surface area contributed by atoms with E-state index in [1.165, 1.54) is 0 Å². The van der Waals surface area contributed by atoms with Crippen LogP contribution in [0.3, 0.4) is 0 Å². The van der Waals surface area contributed by atoms with Gasteiger partial charge in [-0.25, -0.2) is 29.9 Å². The van der Waals surface area contributed by atoms with E-state index in [9.17, 15) is 0 Å². The van der Waals surface area contributed by atoms with Gasteiger partial charge in [0.15, 0.2) is 34.9 Å². The van der Waals surface area contributed by atoms with Crippen molar-refractivity contribution in [1.82, 2.24) is 39.9 Å². The molecule has 8 aromatic carbocycles. The predicted molar refractivity (Wildman–Crippen MR) is 256 cm³/mol. The third-order valence-electron chi connectivity index (χ3n) is 11.8. The lowest BCUT2D eigenvalue weighted by Gasteiger charge is -2.16. The molecule has 0 atom stereocenters. The highest BCUT2D eigenvalue weighted by atomic mass is 15.0. The highest BCUT2D eigenvalue weighted by molar-refractivity contribution is 6.27. The fraction of sp³-hybridized carbons (Fsp3) is 0. The molecule has 0 radical (unpaired) electrons. The Morgan fingerprint density at radius 3 is 0.938 bits per heavy atom. The lowest BCUT2D eigenvalue weighted by molar-refractivity contribution is 1.08. The summed E-state index contributed by atoms with van der Waals surface area (Å²) in [6.45, 7) is 0. The number of nitrogens with zero attached hydrogens (tertiary/aromatic N) is 8. The maximum atomic E-state index is 5.18. The van der Waals surface area contributed by atoms with E-state index in [0.717, 1.165) is 88.0 Å². The van der Waals surface area contributed by atoms with Crippen molar-refractivity contribution >= 4 is 32.3 Å². The minimum atomic E-state index is 0.598. The number of hydrogen-bond acceptors (Lipinski definition) is 8. The van der Waals surface area contributed by atoms with E-state index in [-0.39, 0.29) is 0 Å². The van der Waals surface area contributed by atoms with E-state index in [0.29, 0.717) is 34.9 Å². The molecule has 12 aromatic rings. The molecule has 0 N–H and O–H groups in total. The molecule has 0 aliphatic rings. The quantitative estimate of drug-likeness (QED) is 0.140. The molecule has 0 saturated heterocycles. The molecule has 0 aliphatic heterocycles. The fourth-order valence-electron chi connectivity index (χ4n) is 8.57. The summed E-state index contributed by atoms with van der Waals surface area (Å²) in [5.74, 6) is 3.61. The number of aromatic nitrogens is 8. The van der Waals surface area contributed by atoms with Crippen LogP contribution >= 0.6 is 0 Å². The predicted octanol–water partition coefficient (Wildman–Crippen LogP) is 13.1. The molecule has 0 amide bonds. The molecular weight excluding hydrogens is 785 g/mol. The van der Waals surface area contributed by atoms with Crippen molar-refractivity contribution in [2.24, 2.45) is 0 Å². The second-order valence-electron chi connectivity index (χ2n) is 15.6. The molecule has 4 heterocycles. The third kappa shape index (κ3) is 6.67. The van der Waals surface area contributed by atoms with Crippen molar-refractivity contribution in [1.29, 1.82) is 0 Å². The van der Waals surface area contributed by atoms with Gasteiger partial charge in [-0.2, -0.15) is 0 Å². The van der Waals surface area contributed by atoms with Gasteiger partial charge in [0.1, 0.15) is 0 Å². The normalized spacial score (nSPS) is 11.4. The Kier molecular flexibility index (Phi) is 8.97. The summed E-state index contributed by atoms with van der Waals surface area (Å²) < 4.78 is 0. The van der Waals surface area contributed by atoms with Crippen LogP contribution in [0.2, 0.25) is 0 Å². The molecule has 12 rings (SSSR count). The maximum Gasteiger partial charge on any atom is 0.164 e. The summed E-state index contributed by atoms with van der Waals surface area (Å²) in [6, 6.07) is 62.1. The van der Waals surface area contributed by atoms with Crippen LogP contribution in [-0.4, -0.2) is 39.9 Å². The molecule has 0 fully saturated rings. The Morgan fingerprint density at radius 2 is 0.562 bits per heavy atom. The van der Waals surface area contributed by atoms with Gasteiger partial charge in [0.25, 0.3) is 0 Å². The van der Waals surface area contributed by atoms with Gasteiger partial charge in [0.05, 0.1) is 0 Å². The Morgan fingerprint density at radius 1 is 0.234 bits per heavy atom. The molecule has 0 unspecified atom stereocenters. The van der Waals surface area contributed by atoms with Crippen LogP contribution in [0, 0.1) is 0 Å². The molecular formula is C56H34N8. The van der Waals surface area contributed by atoms with Crippen molar-refractivity contribution < 1.29 is 0 Å². The largest absolute Gasteiger partial charge is 0.264 e. The Balaban J connectivity index is 1.01. The first-order valence-corrected chi connectivity index (χ1v) is 21.1. The van der Waals surface area contributed by atoms with Crippen LogP contribution in [0.15, 0.2) is 207 Å². The average molecular weight is 819 g/mol. The fourth-order valence-corrected chi connectivity index (χ4v) is 8.57. The van der Waals surface area contributed by atoms with E-state index in [4.69, 9.17) is 29.9 Å². The standard InChI is InChI=1S/C56H34N8/c1-3-9-39(10-4-1)51-59-53(41-19-15-35(16-20-41)43-13-7-31-57-33-43)63-55(61-51)47-29-25-37-24-28-46-48(30-26-38-23-27-45(47)49(37)50(38)46)56-62-52(40-11-5-2-6-12-40)60-54(64-56)42-21-17-36(18-22-42)44-14-8-32-58-34-44/h1-34H. The van der Waals surface area contributed by atoms with Gasteiger partial charge in [-0.3, -0.25) is 9.97 Å². The number of pyridine rings is 2. The Bertz CT molecular complexity index is 3380. The van der Waals surface area contributed by atoms with Gasteiger partial charge in [-0.05, 0) is 78.8 Å². The topological polar surface area (TPSA) is 103 Å². The van der Waals surface area contributed by atoms with Crippen molar-refractivity contribution in [3.63, 3.8) is 0 Å². The first kappa shape index (κ1) is 36.9. The van der Waals surface area contributed by atoms with Gasteiger partial charge in [0, 0.05) is 58.2 Å². The van der Waals surface area contributed by atoms with Crippen LogP contribution in [0.5, 0.6) is 0 Å². The zero-order chi connectivity index (χ0) is 42.4. The van der Waals surface area contributed by atoms with Gasteiger partial charge in [0.2, 0.25) is 0 Å². The second kappa shape index (κ2) is 15.5. The van der Waals surface area contributed by atoms with Gasteiger partial charge >= 0.3 is 0 Å². The molecule has 0 spiro atoms. The van der Waals surface area contributed by atoms with E-state index in [1.807, 2.05) is 85.2 Å². The van der Waals surface area contributed by atoms with Crippen LogP contribution in [0.25, 0.3) is 123 Å².